The van der Waals surface area contributed by atoms with Crippen LogP contribution >= 0.6 is 0 Å². The van der Waals surface area contributed by atoms with Gasteiger partial charge in [0.2, 0.25) is 0 Å². The summed E-state index contributed by atoms with van der Waals surface area (Å²) in [4.78, 5) is 4.87. The SMILES string of the molecule is CCO/N=C1/CCNC1. The molecule has 0 unspecified atom stereocenters. The normalized spacial score (nSPS) is 23.0. The molecule has 0 aromatic carbocycles. The topological polar surface area (TPSA) is 33.6 Å². The summed E-state index contributed by atoms with van der Waals surface area (Å²) in [5.74, 6) is 0. The van der Waals surface area contributed by atoms with Gasteiger partial charge in [0, 0.05) is 19.5 Å². The summed E-state index contributed by atoms with van der Waals surface area (Å²) in [6.45, 7) is 4.56. The molecule has 1 fully saturated rings. The van der Waals surface area contributed by atoms with Gasteiger partial charge < -0.3 is 10.2 Å². The molecule has 1 rings (SSSR count). The second-order valence-corrected chi connectivity index (χ2v) is 2.00. The van der Waals surface area contributed by atoms with Gasteiger partial charge in [0.25, 0.3) is 0 Å². The molecule has 0 atom stereocenters. The first-order valence-corrected chi connectivity index (χ1v) is 3.32. The standard InChI is InChI=1S/C6H12N2O/c1-2-9-8-6-3-4-7-5-6/h7H,2-5H2,1H3/b8-6-. The van der Waals surface area contributed by atoms with Crippen LogP contribution in [0.1, 0.15) is 13.3 Å². The van der Waals surface area contributed by atoms with E-state index in [1.165, 1.54) is 0 Å². The fourth-order valence-corrected chi connectivity index (χ4v) is 0.788. The van der Waals surface area contributed by atoms with Gasteiger partial charge in [0.15, 0.2) is 0 Å². The molecule has 1 saturated heterocycles. The van der Waals surface area contributed by atoms with E-state index in [-0.39, 0.29) is 0 Å². The van der Waals surface area contributed by atoms with Crippen LogP contribution in [-0.2, 0) is 4.84 Å². The summed E-state index contributed by atoms with van der Waals surface area (Å²) in [5, 5.41) is 7.07. The average Bonchev–Trinajstić information content (AvgIpc) is 2.34. The average molecular weight is 128 g/mol. The van der Waals surface area contributed by atoms with Crippen molar-refractivity contribution >= 4 is 5.71 Å². The highest BCUT2D eigenvalue weighted by molar-refractivity contribution is 5.87. The van der Waals surface area contributed by atoms with Crippen LogP contribution in [0.25, 0.3) is 0 Å². The maximum Gasteiger partial charge on any atom is 0.114 e. The largest absolute Gasteiger partial charge is 0.396 e. The first kappa shape index (κ1) is 6.55. The van der Waals surface area contributed by atoms with Crippen LogP contribution in [0.3, 0.4) is 0 Å². The van der Waals surface area contributed by atoms with Gasteiger partial charge in [-0.2, -0.15) is 0 Å². The molecule has 1 aliphatic heterocycles. The lowest BCUT2D eigenvalue weighted by molar-refractivity contribution is 0.158. The molecule has 1 heterocycles. The minimum atomic E-state index is 0.670. The molecular formula is C6H12N2O. The minimum Gasteiger partial charge on any atom is -0.396 e. The van der Waals surface area contributed by atoms with Crippen LogP contribution in [0.2, 0.25) is 0 Å². The van der Waals surface area contributed by atoms with Gasteiger partial charge >= 0.3 is 0 Å². The molecule has 0 aromatic rings. The van der Waals surface area contributed by atoms with Gasteiger partial charge in [-0.25, -0.2) is 0 Å². The minimum absolute atomic E-state index is 0.670. The van der Waals surface area contributed by atoms with E-state index < -0.39 is 0 Å². The van der Waals surface area contributed by atoms with Gasteiger partial charge in [-0.1, -0.05) is 5.16 Å². The Kier molecular flexibility index (Phi) is 2.51. The fourth-order valence-electron chi connectivity index (χ4n) is 0.788. The Morgan fingerprint density at radius 1 is 1.78 bits per heavy atom. The van der Waals surface area contributed by atoms with E-state index in [0.29, 0.717) is 6.61 Å². The van der Waals surface area contributed by atoms with Gasteiger partial charge in [-0.15, -0.1) is 0 Å². The molecule has 0 radical (unpaired) electrons. The second kappa shape index (κ2) is 3.45. The van der Waals surface area contributed by atoms with Gasteiger partial charge in [0.1, 0.15) is 6.61 Å². The van der Waals surface area contributed by atoms with Crippen molar-refractivity contribution in [3.05, 3.63) is 0 Å². The Hall–Kier alpha value is -0.570. The van der Waals surface area contributed by atoms with Gasteiger partial charge in [0.05, 0.1) is 5.71 Å². The zero-order valence-electron chi connectivity index (χ0n) is 5.68. The lowest BCUT2D eigenvalue weighted by atomic mass is 10.3. The van der Waals surface area contributed by atoms with Crippen LogP contribution in [0.5, 0.6) is 0 Å². The number of rotatable bonds is 2. The molecule has 0 aromatic heterocycles. The molecule has 3 nitrogen and oxygen atoms in total. The third-order valence-corrected chi connectivity index (χ3v) is 1.24. The summed E-state index contributed by atoms with van der Waals surface area (Å²) in [6, 6.07) is 0. The Morgan fingerprint density at radius 2 is 2.67 bits per heavy atom. The van der Waals surface area contributed by atoms with Crippen molar-refractivity contribution in [1.29, 1.82) is 0 Å². The number of oxime groups is 1. The maximum absolute atomic E-state index is 4.87. The number of nitrogens with one attached hydrogen (secondary N) is 1. The number of hydrogen-bond acceptors (Lipinski definition) is 3. The molecular weight excluding hydrogens is 116 g/mol. The zero-order chi connectivity index (χ0) is 6.53. The summed E-state index contributed by atoms with van der Waals surface area (Å²) in [7, 11) is 0. The Morgan fingerprint density at radius 3 is 3.22 bits per heavy atom. The van der Waals surface area contributed by atoms with Crippen molar-refractivity contribution in [2.45, 2.75) is 13.3 Å². The zero-order valence-corrected chi connectivity index (χ0v) is 5.68. The summed E-state index contributed by atoms with van der Waals surface area (Å²) < 4.78 is 0. The van der Waals surface area contributed by atoms with Crippen molar-refractivity contribution in [2.75, 3.05) is 19.7 Å². The molecule has 0 aliphatic carbocycles. The Labute approximate surface area is 55.1 Å². The molecule has 52 valence electrons. The summed E-state index contributed by atoms with van der Waals surface area (Å²) in [5.41, 5.74) is 1.14. The predicted octanol–water partition coefficient (Wildman–Crippen LogP) is 0.372. The molecule has 9 heavy (non-hydrogen) atoms. The van der Waals surface area contributed by atoms with Gasteiger partial charge in [-0.05, 0) is 6.92 Å². The van der Waals surface area contributed by atoms with Crippen LogP contribution in [0.4, 0.5) is 0 Å². The Bertz CT molecular complexity index is 104. The van der Waals surface area contributed by atoms with E-state index in [0.717, 1.165) is 25.2 Å². The summed E-state index contributed by atoms with van der Waals surface area (Å²) in [6.07, 6.45) is 1.04. The monoisotopic (exact) mass is 128 g/mol. The highest BCUT2D eigenvalue weighted by Crippen LogP contribution is 1.92. The molecule has 0 bridgehead atoms. The van der Waals surface area contributed by atoms with Crippen molar-refractivity contribution in [1.82, 2.24) is 5.32 Å². The quantitative estimate of drug-likeness (QED) is 0.545. The van der Waals surface area contributed by atoms with E-state index in [4.69, 9.17) is 4.84 Å². The van der Waals surface area contributed by atoms with Crippen LogP contribution in [0.15, 0.2) is 5.16 Å². The highest BCUT2D eigenvalue weighted by atomic mass is 16.6. The predicted molar refractivity (Wildman–Crippen MR) is 36.5 cm³/mol. The van der Waals surface area contributed by atoms with E-state index in [1.807, 2.05) is 6.92 Å². The molecule has 1 aliphatic rings. The maximum atomic E-state index is 4.87. The van der Waals surface area contributed by atoms with E-state index >= 15 is 0 Å². The van der Waals surface area contributed by atoms with Crippen LogP contribution in [-0.4, -0.2) is 25.4 Å². The molecule has 0 saturated carbocycles. The van der Waals surface area contributed by atoms with Crippen molar-refractivity contribution in [2.24, 2.45) is 5.16 Å². The van der Waals surface area contributed by atoms with Crippen molar-refractivity contribution < 1.29 is 4.84 Å². The molecule has 0 spiro atoms. The van der Waals surface area contributed by atoms with Crippen molar-refractivity contribution in [3.63, 3.8) is 0 Å². The van der Waals surface area contributed by atoms with Crippen LogP contribution < -0.4 is 5.32 Å². The van der Waals surface area contributed by atoms with E-state index in [2.05, 4.69) is 10.5 Å². The van der Waals surface area contributed by atoms with Crippen molar-refractivity contribution in [3.8, 4) is 0 Å². The smallest absolute Gasteiger partial charge is 0.114 e. The third kappa shape index (κ3) is 2.01. The molecule has 3 heteroatoms. The van der Waals surface area contributed by atoms with E-state index in [9.17, 15) is 0 Å². The van der Waals surface area contributed by atoms with Crippen LogP contribution in [0, 0.1) is 0 Å². The number of nitrogens with zero attached hydrogens (tertiary/aromatic N) is 1. The lowest BCUT2D eigenvalue weighted by Gasteiger charge is -1.93. The third-order valence-electron chi connectivity index (χ3n) is 1.24. The van der Waals surface area contributed by atoms with Gasteiger partial charge in [-0.3, -0.25) is 0 Å². The Balaban J connectivity index is 2.22. The molecule has 1 N–H and O–H groups in total. The fraction of sp³-hybridized carbons (Fsp3) is 0.833. The highest BCUT2D eigenvalue weighted by Gasteiger charge is 2.06. The first-order chi connectivity index (χ1) is 4.43. The second-order valence-electron chi connectivity index (χ2n) is 2.00. The number of hydrogen-bond donors (Lipinski definition) is 1. The van der Waals surface area contributed by atoms with E-state index in [1.54, 1.807) is 0 Å². The lowest BCUT2D eigenvalue weighted by Crippen LogP contribution is -2.08. The first-order valence-electron chi connectivity index (χ1n) is 3.32. The molecule has 0 amide bonds. The summed E-state index contributed by atoms with van der Waals surface area (Å²) >= 11 is 0.